The SMILES string of the molecule is ClC12CC3CC(C1)CC([Si](Cl)(Cl)Cl)(C3)C2. The van der Waals surface area contributed by atoms with Crippen molar-refractivity contribution in [3.05, 3.63) is 0 Å². The predicted molar refractivity (Wildman–Crippen MR) is 69.3 cm³/mol. The Labute approximate surface area is 111 Å². The molecular weight excluding hydrogens is 290 g/mol. The van der Waals surface area contributed by atoms with Gasteiger partial charge in [-0.25, -0.2) is 0 Å². The summed E-state index contributed by atoms with van der Waals surface area (Å²) in [5, 5.41) is 0.00347. The maximum absolute atomic E-state index is 6.67. The van der Waals surface area contributed by atoms with E-state index in [0.717, 1.165) is 43.9 Å². The van der Waals surface area contributed by atoms with Crippen LogP contribution in [0.2, 0.25) is 5.04 Å². The van der Waals surface area contributed by atoms with E-state index in [1.165, 1.54) is 6.42 Å². The first-order valence-corrected chi connectivity index (χ1v) is 11.0. The molecule has 15 heavy (non-hydrogen) atoms. The molecule has 0 aromatic rings. The Bertz CT molecular complexity index is 284. The van der Waals surface area contributed by atoms with Crippen molar-refractivity contribution in [1.82, 2.24) is 0 Å². The molecule has 0 aliphatic heterocycles. The van der Waals surface area contributed by atoms with Crippen molar-refractivity contribution >= 4 is 50.8 Å². The van der Waals surface area contributed by atoms with E-state index in [2.05, 4.69) is 0 Å². The Morgan fingerprint density at radius 3 is 1.87 bits per heavy atom. The molecule has 0 amide bonds. The highest BCUT2D eigenvalue weighted by molar-refractivity contribution is 7.65. The molecule has 0 saturated heterocycles. The summed E-state index contributed by atoms with van der Waals surface area (Å²) in [6.45, 7) is 0. The largest absolute Gasteiger partial charge is 0.347 e. The molecule has 4 saturated carbocycles. The lowest BCUT2D eigenvalue weighted by molar-refractivity contribution is 0.0435. The third kappa shape index (κ3) is 1.69. The van der Waals surface area contributed by atoms with Gasteiger partial charge in [-0.1, -0.05) is 0 Å². The Morgan fingerprint density at radius 1 is 0.933 bits per heavy atom. The summed E-state index contributed by atoms with van der Waals surface area (Å²) >= 11 is 25.7. The van der Waals surface area contributed by atoms with E-state index in [4.69, 9.17) is 44.8 Å². The third-order valence-corrected chi connectivity index (χ3v) is 10.4. The van der Waals surface area contributed by atoms with E-state index in [1.54, 1.807) is 0 Å². The van der Waals surface area contributed by atoms with Crippen molar-refractivity contribution in [3.8, 4) is 0 Å². The number of alkyl halides is 1. The molecule has 0 N–H and O–H groups in total. The standard InChI is InChI=1S/C10H14Cl4Si/c11-9-2-7-1-8(3-9)5-10(4-7,6-9)15(12,13)14/h7-8H,1-6H2. The van der Waals surface area contributed by atoms with Crippen LogP contribution in [-0.2, 0) is 0 Å². The topological polar surface area (TPSA) is 0 Å². The van der Waals surface area contributed by atoms with Gasteiger partial charge in [-0.2, -0.15) is 0 Å². The minimum absolute atomic E-state index is 0.00347. The van der Waals surface area contributed by atoms with Gasteiger partial charge >= 0.3 is 6.00 Å². The van der Waals surface area contributed by atoms with Crippen molar-refractivity contribution in [1.29, 1.82) is 0 Å². The van der Waals surface area contributed by atoms with Crippen molar-refractivity contribution in [2.45, 2.75) is 48.4 Å². The third-order valence-electron chi connectivity index (χ3n) is 4.59. The fourth-order valence-electron chi connectivity index (χ4n) is 4.48. The number of hydrogen-bond donors (Lipinski definition) is 0. The highest BCUT2D eigenvalue weighted by atomic mass is 35.8. The average Bonchev–Trinajstić information content (AvgIpc) is 1.95. The summed E-state index contributed by atoms with van der Waals surface area (Å²) in [7, 11) is 0. The van der Waals surface area contributed by atoms with Gasteiger partial charge in [-0.15, -0.1) is 44.8 Å². The first-order valence-electron chi connectivity index (χ1n) is 5.58. The fourth-order valence-corrected chi connectivity index (χ4v) is 8.86. The monoisotopic (exact) mass is 302 g/mol. The van der Waals surface area contributed by atoms with E-state index < -0.39 is 6.00 Å². The quantitative estimate of drug-likeness (QED) is 0.364. The van der Waals surface area contributed by atoms with E-state index in [-0.39, 0.29) is 9.91 Å². The summed E-state index contributed by atoms with van der Waals surface area (Å²) in [6.07, 6.45) is 6.84. The van der Waals surface area contributed by atoms with E-state index in [1.807, 2.05) is 0 Å². The van der Waals surface area contributed by atoms with Crippen LogP contribution in [-0.4, -0.2) is 10.9 Å². The van der Waals surface area contributed by atoms with Crippen LogP contribution >= 0.6 is 44.8 Å². The lowest BCUT2D eigenvalue weighted by atomic mass is 9.55. The highest BCUT2D eigenvalue weighted by Crippen LogP contribution is 2.72. The molecule has 2 atom stereocenters. The number of rotatable bonds is 1. The summed E-state index contributed by atoms with van der Waals surface area (Å²) in [4.78, 5) is -0.0268. The molecular formula is C10H14Cl4Si. The lowest BCUT2D eigenvalue weighted by Crippen LogP contribution is -2.55. The van der Waals surface area contributed by atoms with Gasteiger partial charge in [0, 0.05) is 9.91 Å². The number of hydrogen-bond acceptors (Lipinski definition) is 0. The second-order valence-electron chi connectivity index (χ2n) is 5.89. The van der Waals surface area contributed by atoms with E-state index in [0.29, 0.717) is 0 Å². The zero-order chi connectivity index (χ0) is 10.9. The molecule has 0 spiro atoms. The van der Waals surface area contributed by atoms with Gasteiger partial charge in [-0.05, 0) is 50.4 Å². The van der Waals surface area contributed by atoms with Crippen molar-refractivity contribution in [2.75, 3.05) is 0 Å². The second-order valence-corrected chi connectivity index (χ2v) is 15.6. The first kappa shape index (κ1) is 11.5. The molecule has 4 aliphatic carbocycles. The van der Waals surface area contributed by atoms with E-state index in [9.17, 15) is 0 Å². The van der Waals surface area contributed by atoms with Crippen molar-refractivity contribution in [3.63, 3.8) is 0 Å². The van der Waals surface area contributed by atoms with E-state index >= 15 is 0 Å². The van der Waals surface area contributed by atoms with Gasteiger partial charge in [0.2, 0.25) is 0 Å². The van der Waals surface area contributed by atoms with Crippen LogP contribution in [0.1, 0.15) is 38.5 Å². The summed E-state index contributed by atoms with van der Waals surface area (Å²) in [6, 6.07) is -2.62. The summed E-state index contributed by atoms with van der Waals surface area (Å²) in [5.74, 6) is 1.46. The summed E-state index contributed by atoms with van der Waals surface area (Å²) in [5.41, 5.74) is 0. The molecule has 0 aromatic heterocycles. The molecule has 4 aliphatic rings. The zero-order valence-electron chi connectivity index (χ0n) is 8.41. The van der Waals surface area contributed by atoms with Gasteiger partial charge in [0.25, 0.3) is 0 Å². The molecule has 4 bridgehead atoms. The molecule has 0 radical (unpaired) electrons. The maximum atomic E-state index is 6.67. The van der Waals surface area contributed by atoms with Crippen molar-refractivity contribution in [2.24, 2.45) is 11.8 Å². The van der Waals surface area contributed by atoms with Crippen LogP contribution in [0.3, 0.4) is 0 Å². The maximum Gasteiger partial charge on any atom is 0.347 e. The predicted octanol–water partition coefficient (Wildman–Crippen LogP) is 4.97. The molecule has 2 unspecified atom stereocenters. The van der Waals surface area contributed by atoms with Gasteiger partial charge < -0.3 is 0 Å². The van der Waals surface area contributed by atoms with Crippen LogP contribution < -0.4 is 0 Å². The smallest absolute Gasteiger partial charge is 0.125 e. The highest BCUT2D eigenvalue weighted by Gasteiger charge is 2.64. The van der Waals surface area contributed by atoms with Gasteiger partial charge in [0.05, 0.1) is 0 Å². The molecule has 0 heterocycles. The Kier molecular flexibility index (Phi) is 2.47. The minimum Gasteiger partial charge on any atom is -0.125 e. The van der Waals surface area contributed by atoms with Crippen LogP contribution in [0.25, 0.3) is 0 Å². The average molecular weight is 304 g/mol. The molecule has 5 heteroatoms. The van der Waals surface area contributed by atoms with Crippen LogP contribution in [0, 0.1) is 11.8 Å². The van der Waals surface area contributed by atoms with Crippen molar-refractivity contribution < 1.29 is 0 Å². The normalized spacial score (nSPS) is 53.6. The molecule has 4 rings (SSSR count). The lowest BCUT2D eigenvalue weighted by Gasteiger charge is -2.61. The minimum atomic E-state index is -2.62. The fraction of sp³-hybridized carbons (Fsp3) is 1.00. The van der Waals surface area contributed by atoms with Crippen LogP contribution in [0.15, 0.2) is 0 Å². The zero-order valence-corrected chi connectivity index (χ0v) is 12.4. The van der Waals surface area contributed by atoms with Crippen LogP contribution in [0.4, 0.5) is 0 Å². The van der Waals surface area contributed by atoms with Gasteiger partial charge in [-0.3, -0.25) is 0 Å². The Balaban J connectivity index is 2.00. The van der Waals surface area contributed by atoms with Gasteiger partial charge in [0.1, 0.15) is 0 Å². The van der Waals surface area contributed by atoms with Gasteiger partial charge in [0.15, 0.2) is 0 Å². The summed E-state index contributed by atoms with van der Waals surface area (Å²) < 4.78 is 0. The molecule has 4 fully saturated rings. The Hall–Kier alpha value is 1.38. The van der Waals surface area contributed by atoms with Crippen LogP contribution in [0.5, 0.6) is 0 Å². The Morgan fingerprint density at radius 2 is 1.47 bits per heavy atom. The first-order chi connectivity index (χ1) is 6.82. The number of halogens is 4. The molecule has 0 aromatic carbocycles. The second kappa shape index (κ2) is 3.23. The molecule has 86 valence electrons. The molecule has 0 nitrogen and oxygen atoms in total.